The van der Waals surface area contributed by atoms with Crippen LogP contribution in [-0.4, -0.2) is 16.7 Å². The van der Waals surface area contributed by atoms with Crippen LogP contribution in [0.5, 0.6) is 0 Å². The third-order valence-corrected chi connectivity index (χ3v) is 2.85. The quantitative estimate of drug-likeness (QED) is 0.621. The van der Waals surface area contributed by atoms with Crippen molar-refractivity contribution in [2.24, 2.45) is 11.1 Å². The smallest absolute Gasteiger partial charge is 0.0505 e. The van der Waals surface area contributed by atoms with Crippen LogP contribution in [0.15, 0.2) is 18.5 Å². The van der Waals surface area contributed by atoms with E-state index in [1.807, 2.05) is 18.5 Å². The SMILES string of the molecule is NC(c1cc[nH]c1)C1(CO)CC1. The van der Waals surface area contributed by atoms with Crippen LogP contribution in [0.4, 0.5) is 0 Å². The molecule has 1 fully saturated rings. The Balaban J connectivity index is 2.15. The van der Waals surface area contributed by atoms with Gasteiger partial charge in [-0.1, -0.05) is 0 Å². The minimum atomic E-state index is -0.0117. The molecule has 1 aromatic rings. The number of hydrogen-bond donors (Lipinski definition) is 3. The minimum absolute atomic E-state index is 0.00579. The van der Waals surface area contributed by atoms with Gasteiger partial charge < -0.3 is 15.8 Å². The van der Waals surface area contributed by atoms with E-state index >= 15 is 0 Å². The maximum atomic E-state index is 9.14. The van der Waals surface area contributed by atoms with Crippen LogP contribution in [0.1, 0.15) is 24.4 Å². The van der Waals surface area contributed by atoms with Gasteiger partial charge in [-0.25, -0.2) is 0 Å². The number of aromatic amines is 1. The van der Waals surface area contributed by atoms with Gasteiger partial charge >= 0.3 is 0 Å². The molecule has 1 aromatic heterocycles. The van der Waals surface area contributed by atoms with Gasteiger partial charge in [-0.2, -0.15) is 0 Å². The van der Waals surface area contributed by atoms with Crippen molar-refractivity contribution in [3.8, 4) is 0 Å². The largest absolute Gasteiger partial charge is 0.396 e. The molecule has 0 saturated heterocycles. The fraction of sp³-hybridized carbons (Fsp3) is 0.556. The summed E-state index contributed by atoms with van der Waals surface area (Å²) >= 11 is 0. The van der Waals surface area contributed by atoms with Crippen molar-refractivity contribution in [3.05, 3.63) is 24.0 Å². The summed E-state index contributed by atoms with van der Waals surface area (Å²) in [5.41, 5.74) is 7.10. The first-order valence-corrected chi connectivity index (χ1v) is 4.28. The summed E-state index contributed by atoms with van der Waals surface area (Å²) in [5.74, 6) is 0. The van der Waals surface area contributed by atoms with E-state index in [0.29, 0.717) is 0 Å². The second-order valence-corrected chi connectivity index (χ2v) is 3.64. The van der Waals surface area contributed by atoms with E-state index < -0.39 is 0 Å². The zero-order valence-electron chi connectivity index (χ0n) is 6.96. The summed E-state index contributed by atoms with van der Waals surface area (Å²) in [6.45, 7) is 0.208. The molecule has 3 nitrogen and oxygen atoms in total. The molecular weight excluding hydrogens is 152 g/mol. The van der Waals surface area contributed by atoms with Crippen LogP contribution in [0.2, 0.25) is 0 Å². The first-order chi connectivity index (χ1) is 5.78. The van der Waals surface area contributed by atoms with E-state index in [1.165, 1.54) is 0 Å². The highest BCUT2D eigenvalue weighted by Gasteiger charge is 2.47. The second-order valence-electron chi connectivity index (χ2n) is 3.64. The van der Waals surface area contributed by atoms with Crippen LogP contribution in [-0.2, 0) is 0 Å². The molecule has 0 spiro atoms. The van der Waals surface area contributed by atoms with Crippen molar-refractivity contribution in [3.63, 3.8) is 0 Å². The monoisotopic (exact) mass is 166 g/mol. The van der Waals surface area contributed by atoms with E-state index in [9.17, 15) is 0 Å². The number of H-pyrrole nitrogens is 1. The van der Waals surface area contributed by atoms with Crippen molar-refractivity contribution in [2.45, 2.75) is 18.9 Å². The fourth-order valence-electron chi connectivity index (χ4n) is 1.61. The molecular formula is C9H14N2O. The fourth-order valence-corrected chi connectivity index (χ4v) is 1.61. The summed E-state index contributed by atoms with van der Waals surface area (Å²) in [6.07, 6.45) is 5.87. The van der Waals surface area contributed by atoms with Gasteiger partial charge in [0.1, 0.15) is 0 Å². The molecule has 0 aromatic carbocycles. The first-order valence-electron chi connectivity index (χ1n) is 4.28. The van der Waals surface area contributed by atoms with Crippen molar-refractivity contribution in [2.75, 3.05) is 6.61 Å². The van der Waals surface area contributed by atoms with Gasteiger partial charge in [0.25, 0.3) is 0 Å². The van der Waals surface area contributed by atoms with E-state index in [4.69, 9.17) is 10.8 Å². The van der Waals surface area contributed by atoms with Gasteiger partial charge in [0.15, 0.2) is 0 Å². The Morgan fingerprint density at radius 1 is 1.67 bits per heavy atom. The Kier molecular flexibility index (Phi) is 1.70. The predicted octanol–water partition coefficient (Wildman–Crippen LogP) is 0.787. The third kappa shape index (κ3) is 1.06. The zero-order valence-corrected chi connectivity index (χ0v) is 6.96. The summed E-state index contributed by atoms with van der Waals surface area (Å²) in [6, 6.07) is 1.97. The molecule has 0 amide bonds. The number of hydrogen-bond acceptors (Lipinski definition) is 2. The zero-order chi connectivity index (χ0) is 8.60. The highest BCUT2D eigenvalue weighted by molar-refractivity contribution is 5.20. The van der Waals surface area contributed by atoms with Gasteiger partial charge in [0.2, 0.25) is 0 Å². The van der Waals surface area contributed by atoms with Crippen LogP contribution in [0, 0.1) is 5.41 Å². The van der Waals surface area contributed by atoms with Crippen molar-refractivity contribution >= 4 is 0 Å². The summed E-state index contributed by atoms with van der Waals surface area (Å²) in [5, 5.41) is 9.14. The normalized spacial score (nSPS) is 22.2. The van der Waals surface area contributed by atoms with Gasteiger partial charge in [0, 0.05) is 23.9 Å². The molecule has 0 aliphatic heterocycles. The topological polar surface area (TPSA) is 62.0 Å². The maximum absolute atomic E-state index is 9.14. The maximum Gasteiger partial charge on any atom is 0.0505 e. The molecule has 3 heteroatoms. The Morgan fingerprint density at radius 3 is 2.83 bits per heavy atom. The molecule has 66 valence electrons. The van der Waals surface area contributed by atoms with Gasteiger partial charge in [-0.05, 0) is 24.5 Å². The molecule has 1 saturated carbocycles. The third-order valence-electron chi connectivity index (χ3n) is 2.85. The average Bonchev–Trinajstić information content (AvgIpc) is 2.71. The Bertz CT molecular complexity index is 252. The highest BCUT2D eigenvalue weighted by atomic mass is 16.3. The number of aliphatic hydroxyl groups is 1. The molecule has 4 N–H and O–H groups in total. The van der Waals surface area contributed by atoms with Crippen LogP contribution in [0.3, 0.4) is 0 Å². The number of nitrogens with one attached hydrogen (secondary N) is 1. The minimum Gasteiger partial charge on any atom is -0.396 e. The number of aliphatic hydroxyl groups excluding tert-OH is 1. The van der Waals surface area contributed by atoms with E-state index in [0.717, 1.165) is 18.4 Å². The Labute approximate surface area is 71.6 Å². The molecule has 2 rings (SSSR count). The molecule has 1 unspecified atom stereocenters. The lowest BCUT2D eigenvalue weighted by molar-refractivity contribution is 0.188. The van der Waals surface area contributed by atoms with Crippen molar-refractivity contribution in [1.29, 1.82) is 0 Å². The van der Waals surface area contributed by atoms with E-state index in [-0.39, 0.29) is 18.1 Å². The molecule has 0 radical (unpaired) electrons. The molecule has 12 heavy (non-hydrogen) atoms. The number of aromatic nitrogens is 1. The van der Waals surface area contributed by atoms with Crippen LogP contribution in [0.25, 0.3) is 0 Å². The Morgan fingerprint density at radius 2 is 2.42 bits per heavy atom. The lowest BCUT2D eigenvalue weighted by Crippen LogP contribution is -2.25. The van der Waals surface area contributed by atoms with Gasteiger partial charge in [0.05, 0.1) is 6.61 Å². The lowest BCUT2D eigenvalue weighted by Gasteiger charge is -2.19. The molecule has 1 aliphatic carbocycles. The standard InChI is InChI=1S/C9H14N2O/c10-8(7-1-4-11-5-7)9(6-12)2-3-9/h1,4-5,8,11-12H,2-3,6,10H2. The second kappa shape index (κ2) is 2.61. The highest BCUT2D eigenvalue weighted by Crippen LogP contribution is 2.53. The number of nitrogens with two attached hydrogens (primary N) is 1. The Hall–Kier alpha value is -0.800. The number of rotatable bonds is 3. The average molecular weight is 166 g/mol. The van der Waals surface area contributed by atoms with Crippen molar-refractivity contribution in [1.82, 2.24) is 4.98 Å². The summed E-state index contributed by atoms with van der Waals surface area (Å²) < 4.78 is 0. The molecule has 1 heterocycles. The van der Waals surface area contributed by atoms with Gasteiger partial charge in [-0.3, -0.25) is 0 Å². The van der Waals surface area contributed by atoms with Crippen molar-refractivity contribution < 1.29 is 5.11 Å². The molecule has 0 bridgehead atoms. The molecule has 1 aliphatic rings. The van der Waals surface area contributed by atoms with Crippen LogP contribution >= 0.6 is 0 Å². The first kappa shape index (κ1) is 7.83. The molecule has 1 atom stereocenters. The van der Waals surface area contributed by atoms with E-state index in [2.05, 4.69) is 4.98 Å². The predicted molar refractivity (Wildman–Crippen MR) is 46.5 cm³/mol. The van der Waals surface area contributed by atoms with Crippen LogP contribution < -0.4 is 5.73 Å². The summed E-state index contributed by atoms with van der Waals surface area (Å²) in [4.78, 5) is 2.97. The van der Waals surface area contributed by atoms with Gasteiger partial charge in [-0.15, -0.1) is 0 Å². The lowest BCUT2D eigenvalue weighted by atomic mass is 9.93. The summed E-state index contributed by atoms with van der Waals surface area (Å²) in [7, 11) is 0. The van der Waals surface area contributed by atoms with E-state index in [1.54, 1.807) is 0 Å².